The summed E-state index contributed by atoms with van der Waals surface area (Å²) in [7, 11) is 0. The lowest BCUT2D eigenvalue weighted by molar-refractivity contribution is 0.0993. The van der Waals surface area contributed by atoms with Gasteiger partial charge in [0.15, 0.2) is 0 Å². The van der Waals surface area contributed by atoms with Crippen LogP contribution in [0.3, 0.4) is 0 Å². The van der Waals surface area contributed by atoms with Crippen molar-refractivity contribution in [2.75, 3.05) is 6.54 Å². The van der Waals surface area contributed by atoms with Crippen molar-refractivity contribution in [1.82, 2.24) is 14.7 Å². The van der Waals surface area contributed by atoms with E-state index >= 15 is 0 Å². The summed E-state index contributed by atoms with van der Waals surface area (Å²) in [4.78, 5) is 24.5. The summed E-state index contributed by atoms with van der Waals surface area (Å²) in [5.41, 5.74) is 8.66. The van der Waals surface area contributed by atoms with Crippen LogP contribution in [0.1, 0.15) is 40.4 Å². The Balaban J connectivity index is 1.79. The van der Waals surface area contributed by atoms with E-state index in [1.54, 1.807) is 4.68 Å². The Bertz CT molecular complexity index is 888. The van der Waals surface area contributed by atoms with Gasteiger partial charge in [-0.15, -0.1) is 0 Å². The predicted octanol–water partition coefficient (Wildman–Crippen LogP) is 2.67. The van der Waals surface area contributed by atoms with E-state index in [1.165, 1.54) is 4.90 Å². The smallest absolute Gasteiger partial charge is 0.407 e. The number of nitrogens with two attached hydrogens (primary N) is 1. The van der Waals surface area contributed by atoms with Crippen molar-refractivity contribution < 1.29 is 14.7 Å². The van der Waals surface area contributed by atoms with Crippen LogP contribution in [0.5, 0.6) is 0 Å². The van der Waals surface area contributed by atoms with E-state index in [0.717, 1.165) is 18.4 Å². The third-order valence-corrected chi connectivity index (χ3v) is 5.12. The molecule has 0 unspecified atom stereocenters. The number of amides is 2. The van der Waals surface area contributed by atoms with Crippen LogP contribution in [0.4, 0.5) is 4.79 Å². The highest BCUT2D eigenvalue weighted by molar-refractivity contribution is 6.31. The molecular weight excluding hydrogens is 344 g/mol. The van der Waals surface area contributed by atoms with Crippen LogP contribution in [0.2, 0.25) is 5.02 Å². The monoisotopic (exact) mass is 360 g/mol. The second-order valence-corrected chi connectivity index (χ2v) is 6.88. The lowest BCUT2D eigenvalue weighted by Gasteiger charge is -2.25. The van der Waals surface area contributed by atoms with Crippen LogP contribution in [0.25, 0.3) is 11.3 Å². The van der Waals surface area contributed by atoms with Crippen LogP contribution in [0, 0.1) is 0 Å². The minimum Gasteiger partial charge on any atom is -0.465 e. The van der Waals surface area contributed by atoms with E-state index in [2.05, 4.69) is 5.10 Å². The molecule has 3 N–H and O–H groups in total. The number of fused-ring (bicyclic) bond motifs is 1. The summed E-state index contributed by atoms with van der Waals surface area (Å²) >= 11 is 6.40. The average Bonchev–Trinajstić information content (AvgIpc) is 3.33. The van der Waals surface area contributed by atoms with Gasteiger partial charge in [0, 0.05) is 17.1 Å². The molecule has 2 aliphatic rings. The molecule has 25 heavy (non-hydrogen) atoms. The molecule has 1 aliphatic heterocycles. The Labute approximate surface area is 149 Å². The predicted molar refractivity (Wildman–Crippen MR) is 91.6 cm³/mol. The second kappa shape index (κ2) is 5.77. The molecule has 0 bridgehead atoms. The zero-order valence-corrected chi connectivity index (χ0v) is 14.2. The molecule has 8 heteroatoms. The fourth-order valence-corrected chi connectivity index (χ4v) is 3.68. The molecule has 7 nitrogen and oxygen atoms in total. The van der Waals surface area contributed by atoms with Gasteiger partial charge in [0.2, 0.25) is 0 Å². The maximum absolute atomic E-state index is 12.0. The molecule has 2 heterocycles. The number of nitrogens with zero attached hydrogens (tertiary/aromatic N) is 3. The SMILES string of the molecule is NC(=O)c1c(-c2ccc(C3CC3)c(Cl)c2)nn2c1CN(C(=O)O)CC2. The third kappa shape index (κ3) is 2.74. The molecule has 4 rings (SSSR count). The second-order valence-electron chi connectivity index (χ2n) is 6.47. The highest BCUT2D eigenvalue weighted by Gasteiger charge is 2.30. The van der Waals surface area contributed by atoms with Crippen LogP contribution in [-0.2, 0) is 13.1 Å². The number of aromatic nitrogens is 2. The largest absolute Gasteiger partial charge is 0.465 e. The minimum atomic E-state index is -1.03. The number of halogens is 1. The maximum atomic E-state index is 12.0. The van der Waals surface area contributed by atoms with E-state index < -0.39 is 12.0 Å². The van der Waals surface area contributed by atoms with Gasteiger partial charge in [-0.2, -0.15) is 5.10 Å². The van der Waals surface area contributed by atoms with Crippen molar-refractivity contribution in [2.24, 2.45) is 5.73 Å². The maximum Gasteiger partial charge on any atom is 0.407 e. The number of benzene rings is 1. The zero-order valence-electron chi connectivity index (χ0n) is 13.4. The van der Waals surface area contributed by atoms with E-state index in [9.17, 15) is 14.7 Å². The minimum absolute atomic E-state index is 0.0918. The van der Waals surface area contributed by atoms with Gasteiger partial charge in [-0.3, -0.25) is 9.48 Å². The van der Waals surface area contributed by atoms with E-state index in [1.807, 2.05) is 18.2 Å². The summed E-state index contributed by atoms with van der Waals surface area (Å²) in [6, 6.07) is 5.68. The molecule has 1 saturated carbocycles. The summed E-state index contributed by atoms with van der Waals surface area (Å²) < 4.78 is 1.66. The Morgan fingerprint density at radius 3 is 2.64 bits per heavy atom. The molecule has 1 aromatic carbocycles. The van der Waals surface area contributed by atoms with E-state index in [-0.39, 0.29) is 12.1 Å². The standard InChI is InChI=1S/C17H17ClN4O3/c18-12-7-10(3-4-11(12)9-1-2-9)15-14(16(19)23)13-8-21(17(24)25)5-6-22(13)20-15/h3-4,7,9H,1-2,5-6,8H2,(H2,19,23)(H,24,25). The zero-order chi connectivity index (χ0) is 17.7. The Morgan fingerprint density at radius 1 is 1.28 bits per heavy atom. The Hall–Kier alpha value is -2.54. The quantitative estimate of drug-likeness (QED) is 0.878. The van der Waals surface area contributed by atoms with Crippen LogP contribution >= 0.6 is 11.6 Å². The first-order valence-electron chi connectivity index (χ1n) is 8.13. The fraction of sp³-hybridized carbons (Fsp3) is 0.353. The van der Waals surface area contributed by atoms with Crippen molar-refractivity contribution in [3.63, 3.8) is 0 Å². The van der Waals surface area contributed by atoms with Gasteiger partial charge < -0.3 is 15.7 Å². The van der Waals surface area contributed by atoms with Crippen LogP contribution < -0.4 is 5.73 Å². The summed E-state index contributed by atoms with van der Waals surface area (Å²) in [5, 5.41) is 14.4. The summed E-state index contributed by atoms with van der Waals surface area (Å²) in [6.07, 6.45) is 1.27. The number of hydrogen-bond acceptors (Lipinski definition) is 3. The first kappa shape index (κ1) is 16.0. The van der Waals surface area contributed by atoms with Crippen LogP contribution in [0.15, 0.2) is 18.2 Å². The lowest BCUT2D eigenvalue weighted by atomic mass is 10.0. The molecule has 0 saturated heterocycles. The molecule has 2 aromatic rings. The summed E-state index contributed by atoms with van der Waals surface area (Å²) in [6.45, 7) is 0.799. The van der Waals surface area contributed by atoms with Gasteiger partial charge in [-0.1, -0.05) is 23.7 Å². The van der Waals surface area contributed by atoms with Crippen LogP contribution in [-0.4, -0.2) is 38.3 Å². The highest BCUT2D eigenvalue weighted by Crippen LogP contribution is 2.44. The molecule has 0 spiro atoms. The first-order valence-corrected chi connectivity index (χ1v) is 8.50. The fourth-order valence-electron chi connectivity index (χ4n) is 3.34. The van der Waals surface area contributed by atoms with Crippen molar-refractivity contribution in [3.8, 4) is 11.3 Å². The Kier molecular flexibility index (Phi) is 3.68. The average molecular weight is 361 g/mol. The molecular formula is C17H17ClN4O3. The van der Waals surface area contributed by atoms with Crippen molar-refractivity contribution in [3.05, 3.63) is 40.0 Å². The van der Waals surface area contributed by atoms with Gasteiger partial charge >= 0.3 is 6.09 Å². The normalized spacial score (nSPS) is 16.6. The van der Waals surface area contributed by atoms with E-state index in [0.29, 0.717) is 41.0 Å². The molecule has 1 fully saturated rings. The highest BCUT2D eigenvalue weighted by atomic mass is 35.5. The first-order chi connectivity index (χ1) is 12.0. The Morgan fingerprint density at radius 2 is 2.04 bits per heavy atom. The van der Waals surface area contributed by atoms with Crippen molar-refractivity contribution >= 4 is 23.6 Å². The van der Waals surface area contributed by atoms with Gasteiger partial charge in [-0.25, -0.2) is 4.79 Å². The van der Waals surface area contributed by atoms with Gasteiger partial charge in [-0.05, 0) is 30.4 Å². The summed E-state index contributed by atoms with van der Waals surface area (Å²) in [5.74, 6) is -0.0950. The van der Waals surface area contributed by atoms with Gasteiger partial charge in [0.05, 0.1) is 24.3 Å². The number of carbonyl (C=O) groups excluding carboxylic acids is 1. The molecule has 1 aromatic heterocycles. The van der Waals surface area contributed by atoms with Gasteiger partial charge in [0.1, 0.15) is 5.69 Å². The van der Waals surface area contributed by atoms with Crippen molar-refractivity contribution in [2.45, 2.75) is 31.8 Å². The number of rotatable bonds is 3. The number of primary amides is 1. The molecule has 1 aliphatic carbocycles. The molecule has 130 valence electrons. The molecule has 0 radical (unpaired) electrons. The van der Waals surface area contributed by atoms with Crippen molar-refractivity contribution in [1.29, 1.82) is 0 Å². The number of hydrogen-bond donors (Lipinski definition) is 2. The number of carbonyl (C=O) groups is 2. The number of carboxylic acid groups (broad SMARTS) is 1. The molecule has 0 atom stereocenters. The molecule has 2 amide bonds. The topological polar surface area (TPSA) is 101 Å². The van der Waals surface area contributed by atoms with Gasteiger partial charge in [0.25, 0.3) is 5.91 Å². The lowest BCUT2D eigenvalue weighted by Crippen LogP contribution is -2.38. The van der Waals surface area contributed by atoms with E-state index in [4.69, 9.17) is 17.3 Å². The third-order valence-electron chi connectivity index (χ3n) is 4.79.